The smallest absolute Gasteiger partial charge is 0.264 e. The Morgan fingerprint density at radius 3 is 2.73 bits per heavy atom. The van der Waals surface area contributed by atoms with Crippen molar-refractivity contribution < 1.29 is 13.5 Å². The summed E-state index contributed by atoms with van der Waals surface area (Å²) in [4.78, 5) is 13.5. The number of hydrogen-bond acceptors (Lipinski definition) is 8. The number of nitrogens with one attached hydrogen (secondary N) is 2. The van der Waals surface area contributed by atoms with Crippen molar-refractivity contribution in [2.75, 3.05) is 10.0 Å². The van der Waals surface area contributed by atoms with Crippen LogP contribution in [0.5, 0.6) is 0 Å². The zero-order chi connectivity index (χ0) is 27.9. The van der Waals surface area contributed by atoms with Crippen molar-refractivity contribution in [1.29, 1.82) is 0 Å². The second kappa shape index (κ2) is 10.6. The van der Waals surface area contributed by atoms with Crippen LogP contribution in [0, 0.1) is 0 Å². The Bertz CT molecular complexity index is 1830. The highest BCUT2D eigenvalue weighted by Gasteiger charge is 2.24. The molecule has 6 rings (SSSR count). The van der Waals surface area contributed by atoms with Crippen LogP contribution in [0.2, 0.25) is 5.02 Å². The first-order valence-electron chi connectivity index (χ1n) is 13.2. The molecular weight excluding hydrogens is 550 g/mol. The largest absolute Gasteiger partial charge is 0.391 e. The number of aliphatic hydroxyl groups excluding tert-OH is 1. The van der Waals surface area contributed by atoms with Gasteiger partial charge in [-0.25, -0.2) is 27.9 Å². The number of rotatable bonds is 7. The van der Waals surface area contributed by atoms with Crippen molar-refractivity contribution in [3.05, 3.63) is 71.6 Å². The summed E-state index contributed by atoms with van der Waals surface area (Å²) < 4.78 is 30.3. The Balaban J connectivity index is 1.35. The van der Waals surface area contributed by atoms with Crippen LogP contribution < -0.4 is 10.0 Å². The number of hydrogen-bond donors (Lipinski definition) is 3. The maximum Gasteiger partial charge on any atom is 0.264 e. The van der Waals surface area contributed by atoms with Gasteiger partial charge >= 0.3 is 0 Å². The molecule has 0 amide bonds. The Kier molecular flexibility index (Phi) is 7.03. The molecule has 206 valence electrons. The average molecular weight is 578 g/mol. The fourth-order valence-corrected chi connectivity index (χ4v) is 6.77. The summed E-state index contributed by atoms with van der Waals surface area (Å²) in [6.07, 6.45) is 7.23. The van der Waals surface area contributed by atoms with E-state index in [1.165, 1.54) is 18.5 Å². The number of aryl methyl sites for hydroxylation is 1. The van der Waals surface area contributed by atoms with Gasteiger partial charge in [0.25, 0.3) is 10.0 Å². The Labute approximate surface area is 236 Å². The van der Waals surface area contributed by atoms with Crippen LogP contribution in [-0.2, 0) is 16.4 Å². The summed E-state index contributed by atoms with van der Waals surface area (Å²) in [6, 6.07) is 13.9. The van der Waals surface area contributed by atoms with E-state index >= 15 is 0 Å². The first kappa shape index (κ1) is 26.4. The second-order valence-corrected chi connectivity index (χ2v) is 11.9. The minimum absolute atomic E-state index is 0.0332. The number of sulfonamides is 1. The van der Waals surface area contributed by atoms with Gasteiger partial charge in [-0.2, -0.15) is 5.10 Å². The fourth-order valence-electron chi connectivity index (χ4n) is 5.23. The van der Waals surface area contributed by atoms with Crippen LogP contribution in [0.3, 0.4) is 0 Å². The molecule has 0 radical (unpaired) electrons. The number of halogens is 1. The third-order valence-electron chi connectivity index (χ3n) is 7.29. The molecule has 5 aromatic rings. The van der Waals surface area contributed by atoms with Gasteiger partial charge < -0.3 is 10.4 Å². The minimum atomic E-state index is -3.97. The third-order valence-corrected chi connectivity index (χ3v) is 9.13. The van der Waals surface area contributed by atoms with E-state index in [1.807, 2.05) is 12.1 Å². The summed E-state index contributed by atoms with van der Waals surface area (Å²) in [5.74, 6) is 0.652. The van der Waals surface area contributed by atoms with Crippen molar-refractivity contribution in [2.45, 2.75) is 56.1 Å². The topological polar surface area (TPSA) is 134 Å². The Hall–Kier alpha value is -3.80. The molecule has 40 heavy (non-hydrogen) atoms. The lowest BCUT2D eigenvalue weighted by atomic mass is 9.93. The predicted molar refractivity (Wildman–Crippen MR) is 155 cm³/mol. The highest BCUT2D eigenvalue weighted by Crippen LogP contribution is 2.31. The lowest BCUT2D eigenvalue weighted by Gasteiger charge is -2.28. The molecule has 0 aliphatic heterocycles. The van der Waals surface area contributed by atoms with Crippen LogP contribution >= 0.6 is 11.6 Å². The van der Waals surface area contributed by atoms with Crippen LogP contribution in [0.4, 0.5) is 11.8 Å². The van der Waals surface area contributed by atoms with E-state index in [2.05, 4.69) is 38.1 Å². The summed E-state index contributed by atoms with van der Waals surface area (Å²) in [5, 5.41) is 19.1. The molecule has 0 spiro atoms. The van der Waals surface area contributed by atoms with Gasteiger partial charge in [0.2, 0.25) is 5.95 Å². The minimum Gasteiger partial charge on any atom is -0.391 e. The first-order chi connectivity index (χ1) is 19.3. The van der Waals surface area contributed by atoms with Gasteiger partial charge in [0, 0.05) is 17.1 Å². The Morgan fingerprint density at radius 2 is 1.93 bits per heavy atom. The summed E-state index contributed by atoms with van der Waals surface area (Å²) in [5.41, 5.74) is 4.02. The van der Waals surface area contributed by atoms with Crippen molar-refractivity contribution in [3.8, 4) is 11.3 Å². The molecule has 10 nitrogen and oxygen atoms in total. The van der Waals surface area contributed by atoms with Gasteiger partial charge in [0.1, 0.15) is 16.7 Å². The average Bonchev–Trinajstić information content (AvgIpc) is 3.39. The maximum atomic E-state index is 13.0. The molecule has 0 bridgehead atoms. The van der Waals surface area contributed by atoms with Crippen molar-refractivity contribution >= 4 is 49.8 Å². The normalized spacial score (nSPS) is 17.8. The molecule has 3 heterocycles. The molecule has 3 N–H and O–H groups in total. The van der Waals surface area contributed by atoms with Crippen molar-refractivity contribution in [1.82, 2.24) is 24.6 Å². The third kappa shape index (κ3) is 4.96. The van der Waals surface area contributed by atoms with Gasteiger partial charge in [-0.1, -0.05) is 43.5 Å². The second-order valence-electron chi connectivity index (χ2n) is 9.88. The molecule has 2 atom stereocenters. The predicted octanol–water partition coefficient (Wildman–Crippen LogP) is 5.07. The van der Waals surface area contributed by atoms with Gasteiger partial charge in [0.15, 0.2) is 5.82 Å². The van der Waals surface area contributed by atoms with Crippen LogP contribution in [-0.4, -0.2) is 50.2 Å². The van der Waals surface area contributed by atoms with Gasteiger partial charge in [-0.15, -0.1) is 0 Å². The number of aromatic nitrogens is 5. The van der Waals surface area contributed by atoms with Gasteiger partial charge in [-0.05, 0) is 61.2 Å². The molecule has 1 aliphatic rings. The summed E-state index contributed by atoms with van der Waals surface area (Å²) in [7, 11) is -3.97. The number of nitrogens with zero attached hydrogens (tertiary/aromatic N) is 5. The van der Waals surface area contributed by atoms with E-state index in [1.54, 1.807) is 28.9 Å². The molecule has 1 unspecified atom stereocenters. The molecule has 1 fully saturated rings. The summed E-state index contributed by atoms with van der Waals surface area (Å²) in [6.45, 7) is 2.07. The van der Waals surface area contributed by atoms with Crippen LogP contribution in [0.25, 0.3) is 27.7 Å². The number of fused-ring (bicyclic) bond motifs is 2. The fraction of sp³-hybridized carbons (Fsp3) is 0.286. The van der Waals surface area contributed by atoms with Crippen molar-refractivity contribution in [3.63, 3.8) is 0 Å². The lowest BCUT2D eigenvalue weighted by Crippen LogP contribution is -2.36. The van der Waals surface area contributed by atoms with E-state index in [9.17, 15) is 13.5 Å². The molecule has 1 aliphatic carbocycles. The zero-order valence-electron chi connectivity index (χ0n) is 21.7. The van der Waals surface area contributed by atoms with E-state index < -0.39 is 16.1 Å². The van der Waals surface area contributed by atoms with E-state index in [0.29, 0.717) is 11.5 Å². The molecule has 2 aromatic carbocycles. The SMILES string of the molecule is CCc1cc(-c2ccc3c(NS(=O)(=O)c4ccccc4Cl)ncnn23)cc2cnc(NC3CCCC[C@H]3O)nc12. The van der Waals surface area contributed by atoms with E-state index in [4.69, 9.17) is 16.6 Å². The highest BCUT2D eigenvalue weighted by atomic mass is 35.5. The highest BCUT2D eigenvalue weighted by molar-refractivity contribution is 7.92. The van der Waals surface area contributed by atoms with Crippen LogP contribution in [0.15, 0.2) is 66.0 Å². The standard InChI is InChI=1S/C28H28ClN7O3S/c1-2-17-13-18(14-19-15-30-28(34-26(17)19)33-21-8-4-5-9-24(21)37)22-11-12-23-27(31-16-32-36(22)23)35-40(38,39)25-10-6-3-7-20(25)29/h3,6-7,10-16,21,24,37H,2,4-5,8-9H2,1H3,(H,30,33,34)(H,31,32,35)/t21?,24-/m1/s1. The monoisotopic (exact) mass is 577 g/mol. The molecule has 3 aromatic heterocycles. The number of benzene rings is 2. The van der Waals surface area contributed by atoms with Crippen LogP contribution in [0.1, 0.15) is 38.2 Å². The van der Waals surface area contributed by atoms with Gasteiger partial charge in [0.05, 0.1) is 28.4 Å². The Morgan fingerprint density at radius 1 is 1.10 bits per heavy atom. The molecule has 12 heteroatoms. The quantitative estimate of drug-likeness (QED) is 0.244. The number of aliphatic hydroxyl groups is 1. The first-order valence-corrected chi connectivity index (χ1v) is 15.0. The van der Waals surface area contributed by atoms with E-state index in [0.717, 1.165) is 59.8 Å². The van der Waals surface area contributed by atoms with Crippen molar-refractivity contribution in [2.24, 2.45) is 0 Å². The van der Waals surface area contributed by atoms with Gasteiger partial charge in [-0.3, -0.25) is 4.72 Å². The maximum absolute atomic E-state index is 13.0. The number of anilines is 2. The zero-order valence-corrected chi connectivity index (χ0v) is 23.3. The lowest BCUT2D eigenvalue weighted by molar-refractivity contribution is 0.116. The molecule has 1 saturated carbocycles. The molecular formula is C28H28ClN7O3S. The molecule has 0 saturated heterocycles. The van der Waals surface area contributed by atoms with E-state index in [-0.39, 0.29) is 21.8 Å². The summed E-state index contributed by atoms with van der Waals surface area (Å²) >= 11 is 6.14.